The van der Waals surface area contributed by atoms with E-state index in [2.05, 4.69) is 21.3 Å². The van der Waals surface area contributed by atoms with Crippen molar-refractivity contribution in [1.82, 2.24) is 10.6 Å². The molecule has 1 aliphatic rings. The predicted octanol–water partition coefficient (Wildman–Crippen LogP) is -0.0495. The zero-order valence-electron chi connectivity index (χ0n) is 19.2. The van der Waals surface area contributed by atoms with E-state index >= 15 is 0 Å². The molecule has 10 nitrogen and oxygen atoms in total. The van der Waals surface area contributed by atoms with Gasteiger partial charge in [0.05, 0.1) is 43.6 Å². The molecule has 0 saturated heterocycles. The summed E-state index contributed by atoms with van der Waals surface area (Å²) in [4.78, 5) is 27.5. The van der Waals surface area contributed by atoms with Crippen LogP contribution < -0.4 is 26.0 Å². The molecule has 7 N–H and O–H groups in total. The topological polar surface area (TPSA) is 152 Å². The van der Waals surface area contributed by atoms with Gasteiger partial charge in [-0.1, -0.05) is 6.07 Å². The maximum atomic E-state index is 13.8. The minimum atomic E-state index is -0.386. The number of carbonyl (C=O) groups excluding carboxylic acids is 2. The first-order valence-corrected chi connectivity index (χ1v) is 11.3. The van der Waals surface area contributed by atoms with E-state index in [1.807, 2.05) is 0 Å². The fourth-order valence-electron chi connectivity index (χ4n) is 4.01. The minimum absolute atomic E-state index is 0.0263. The molecule has 0 unspecified atom stereocenters. The molecule has 0 bridgehead atoms. The molecule has 2 aromatic carbocycles. The van der Waals surface area contributed by atoms with Crippen molar-refractivity contribution in [1.29, 1.82) is 0 Å². The maximum Gasteiger partial charge on any atom is 0.200 e. The van der Waals surface area contributed by atoms with Crippen molar-refractivity contribution in [2.24, 2.45) is 0 Å². The summed E-state index contributed by atoms with van der Waals surface area (Å²) in [5, 5.41) is 40.2. The molecule has 0 aromatic heterocycles. The number of fused-ring (bicyclic) bond motifs is 2. The molecule has 0 amide bonds. The van der Waals surface area contributed by atoms with E-state index < -0.39 is 0 Å². The van der Waals surface area contributed by atoms with Gasteiger partial charge in [-0.2, -0.15) is 0 Å². The van der Waals surface area contributed by atoms with Crippen LogP contribution in [0.4, 0.5) is 11.4 Å². The molecule has 1 aliphatic carbocycles. The van der Waals surface area contributed by atoms with Crippen molar-refractivity contribution in [2.75, 3.05) is 70.2 Å². The van der Waals surface area contributed by atoms with E-state index in [0.29, 0.717) is 56.2 Å². The first kappa shape index (κ1) is 25.6. The second-order valence-electron chi connectivity index (χ2n) is 7.70. The number of aliphatic hydroxyl groups excluding tert-OH is 3. The van der Waals surface area contributed by atoms with Crippen molar-refractivity contribution in [3.8, 4) is 5.75 Å². The zero-order valence-corrected chi connectivity index (χ0v) is 19.2. The average molecular weight is 473 g/mol. The standard InChI is InChI=1S/C24H32N4O6/c1-34-18-5-2-15(14-31)19-22(18)24(33)21-17(28-9-7-26-11-13-30)4-3-16(20(21)23(19)32)27-8-6-25-10-12-29/h2-5,25-31H,6-14H2,1H3. The summed E-state index contributed by atoms with van der Waals surface area (Å²) in [6, 6.07) is 6.69. The number of hydrogen-bond acceptors (Lipinski definition) is 10. The Kier molecular flexibility index (Phi) is 9.37. The molecule has 184 valence electrons. The molecule has 0 saturated carbocycles. The van der Waals surface area contributed by atoms with E-state index in [1.54, 1.807) is 24.3 Å². The van der Waals surface area contributed by atoms with Crippen LogP contribution in [0.5, 0.6) is 5.75 Å². The fourth-order valence-corrected chi connectivity index (χ4v) is 4.01. The van der Waals surface area contributed by atoms with E-state index in [9.17, 15) is 14.7 Å². The van der Waals surface area contributed by atoms with Crippen molar-refractivity contribution in [3.05, 3.63) is 52.1 Å². The highest BCUT2D eigenvalue weighted by Gasteiger charge is 2.37. The number of benzene rings is 2. The summed E-state index contributed by atoms with van der Waals surface area (Å²) < 4.78 is 5.39. The molecule has 0 atom stereocenters. The molecular formula is C24H32N4O6. The van der Waals surface area contributed by atoms with Gasteiger partial charge < -0.3 is 41.3 Å². The van der Waals surface area contributed by atoms with Gasteiger partial charge >= 0.3 is 0 Å². The second kappa shape index (κ2) is 12.4. The number of hydrogen-bond donors (Lipinski definition) is 7. The van der Waals surface area contributed by atoms with Gasteiger partial charge in [-0.05, 0) is 23.8 Å². The van der Waals surface area contributed by atoms with Gasteiger partial charge in [-0.25, -0.2) is 0 Å². The smallest absolute Gasteiger partial charge is 0.200 e. The number of ketones is 2. The lowest BCUT2D eigenvalue weighted by Crippen LogP contribution is -2.29. The lowest BCUT2D eigenvalue weighted by atomic mass is 9.79. The van der Waals surface area contributed by atoms with Gasteiger partial charge in [-0.15, -0.1) is 0 Å². The number of methoxy groups -OCH3 is 1. The Labute approximate surface area is 198 Å². The summed E-state index contributed by atoms with van der Waals surface area (Å²) in [5.41, 5.74) is 2.20. The van der Waals surface area contributed by atoms with Crippen LogP contribution in [0.15, 0.2) is 24.3 Å². The van der Waals surface area contributed by atoms with E-state index in [0.717, 1.165) is 0 Å². The summed E-state index contributed by atoms with van der Waals surface area (Å²) in [6.45, 7) is 2.65. The average Bonchev–Trinajstić information content (AvgIpc) is 2.86. The van der Waals surface area contributed by atoms with Crippen LogP contribution in [-0.2, 0) is 6.61 Å². The lowest BCUT2D eigenvalue weighted by Gasteiger charge is -2.26. The van der Waals surface area contributed by atoms with Crippen LogP contribution in [-0.4, -0.2) is 86.5 Å². The van der Waals surface area contributed by atoms with E-state index in [-0.39, 0.29) is 59.4 Å². The van der Waals surface area contributed by atoms with Crippen LogP contribution in [0.3, 0.4) is 0 Å². The number of anilines is 2. The number of nitrogens with one attached hydrogen (secondary N) is 4. The van der Waals surface area contributed by atoms with Gasteiger partial charge in [0.1, 0.15) is 5.75 Å². The highest BCUT2D eigenvalue weighted by Crippen LogP contribution is 2.40. The molecule has 34 heavy (non-hydrogen) atoms. The van der Waals surface area contributed by atoms with Crippen molar-refractivity contribution >= 4 is 22.9 Å². The molecule has 2 aromatic rings. The molecule has 0 spiro atoms. The number of carbonyl (C=O) groups is 2. The predicted molar refractivity (Wildman–Crippen MR) is 129 cm³/mol. The SMILES string of the molecule is COc1ccc(CO)c2c1C(=O)c1c(NCCNCCO)ccc(NCCNCCO)c1C2=O. The highest BCUT2D eigenvalue weighted by molar-refractivity contribution is 6.33. The highest BCUT2D eigenvalue weighted by atomic mass is 16.5. The van der Waals surface area contributed by atoms with Crippen molar-refractivity contribution < 1.29 is 29.6 Å². The largest absolute Gasteiger partial charge is 0.496 e. The van der Waals surface area contributed by atoms with Gasteiger partial charge in [0, 0.05) is 56.2 Å². The van der Waals surface area contributed by atoms with Crippen molar-refractivity contribution in [2.45, 2.75) is 6.61 Å². The first-order valence-electron chi connectivity index (χ1n) is 11.3. The van der Waals surface area contributed by atoms with Gasteiger partial charge in [-0.3, -0.25) is 9.59 Å². The van der Waals surface area contributed by atoms with Gasteiger partial charge in [0.2, 0.25) is 0 Å². The quantitative estimate of drug-likeness (QED) is 0.159. The summed E-state index contributed by atoms with van der Waals surface area (Å²) in [6.07, 6.45) is 0. The molecule has 3 rings (SSSR count). The van der Waals surface area contributed by atoms with Gasteiger partial charge in [0.25, 0.3) is 0 Å². The van der Waals surface area contributed by atoms with E-state index in [4.69, 9.17) is 14.9 Å². The maximum absolute atomic E-state index is 13.8. The fraction of sp³-hybridized carbons (Fsp3) is 0.417. The number of aliphatic hydroxyl groups is 3. The Balaban J connectivity index is 2.03. The molecule has 0 aliphatic heterocycles. The molecule has 0 fully saturated rings. The van der Waals surface area contributed by atoms with Gasteiger partial charge in [0.15, 0.2) is 11.6 Å². The molecule has 0 radical (unpaired) electrons. The lowest BCUT2D eigenvalue weighted by molar-refractivity contribution is 0.0975. The van der Waals surface area contributed by atoms with E-state index in [1.165, 1.54) is 7.11 Å². The van der Waals surface area contributed by atoms with Crippen LogP contribution in [0.25, 0.3) is 0 Å². The second-order valence-corrected chi connectivity index (χ2v) is 7.70. The third-order valence-corrected chi connectivity index (χ3v) is 5.57. The Morgan fingerprint density at radius 2 is 1.21 bits per heavy atom. The first-order chi connectivity index (χ1) is 16.6. The summed E-state index contributed by atoms with van der Waals surface area (Å²) in [5.74, 6) is -0.441. The minimum Gasteiger partial charge on any atom is -0.496 e. The van der Waals surface area contributed by atoms with Crippen LogP contribution in [0, 0.1) is 0 Å². The third-order valence-electron chi connectivity index (χ3n) is 5.57. The van der Waals surface area contributed by atoms with Crippen LogP contribution in [0.1, 0.15) is 37.4 Å². The molecule has 0 heterocycles. The summed E-state index contributed by atoms with van der Waals surface area (Å²) >= 11 is 0. The van der Waals surface area contributed by atoms with Crippen LogP contribution in [0.2, 0.25) is 0 Å². The summed E-state index contributed by atoms with van der Waals surface area (Å²) in [7, 11) is 1.44. The third kappa shape index (κ3) is 5.37. The van der Waals surface area contributed by atoms with Crippen LogP contribution >= 0.6 is 0 Å². The molecule has 10 heteroatoms. The normalized spacial score (nSPS) is 12.4. The Hall–Kier alpha value is -3.02. The Bertz CT molecular complexity index is 947. The molecular weight excluding hydrogens is 440 g/mol. The monoisotopic (exact) mass is 472 g/mol. The number of rotatable bonds is 14. The van der Waals surface area contributed by atoms with Crippen molar-refractivity contribution in [3.63, 3.8) is 0 Å². The Morgan fingerprint density at radius 3 is 1.68 bits per heavy atom. The number of ether oxygens (including phenoxy) is 1. The zero-order chi connectivity index (χ0) is 24.5. The Morgan fingerprint density at radius 1 is 0.676 bits per heavy atom.